The van der Waals surface area contributed by atoms with Crippen LogP contribution in [0.15, 0.2) is 54.6 Å². The minimum Gasteiger partial charge on any atom is -0.342 e. The lowest BCUT2D eigenvalue weighted by atomic mass is 10.0. The Morgan fingerprint density at radius 1 is 0.913 bits per heavy atom. The highest BCUT2D eigenvalue weighted by Gasteiger charge is 2.37. The summed E-state index contributed by atoms with van der Waals surface area (Å²) in [4.78, 5) is 14.6. The van der Waals surface area contributed by atoms with Crippen molar-refractivity contribution in [3.63, 3.8) is 0 Å². The monoisotopic (exact) mass is 306 g/mol. The van der Waals surface area contributed by atoms with Crippen molar-refractivity contribution in [3.05, 3.63) is 60.2 Å². The molecule has 1 amide bonds. The number of nitrogens with zero attached hydrogens (tertiary/aromatic N) is 1. The zero-order chi connectivity index (χ0) is 15.6. The highest BCUT2D eigenvalue weighted by Crippen LogP contribution is 2.27. The number of benzene rings is 2. The first-order valence-corrected chi connectivity index (χ1v) is 8.42. The Hall–Kier alpha value is -2.13. The van der Waals surface area contributed by atoms with Crippen LogP contribution in [0.25, 0.3) is 11.1 Å². The standard InChI is InChI=1S/C20H22N2O/c23-20(22-13-18-11-21-12-19(18)14-22)10-15-6-8-17(9-7-15)16-4-2-1-3-5-16/h1-9,18-19,21H,10-14H2/t18-,19+. The first-order valence-electron chi connectivity index (χ1n) is 8.42. The van der Waals surface area contributed by atoms with E-state index in [1.807, 2.05) is 18.2 Å². The lowest BCUT2D eigenvalue weighted by molar-refractivity contribution is -0.129. The second-order valence-electron chi connectivity index (χ2n) is 6.72. The van der Waals surface area contributed by atoms with E-state index in [-0.39, 0.29) is 5.91 Å². The van der Waals surface area contributed by atoms with Gasteiger partial charge in [0.25, 0.3) is 0 Å². The smallest absolute Gasteiger partial charge is 0.227 e. The molecule has 0 saturated carbocycles. The summed E-state index contributed by atoms with van der Waals surface area (Å²) < 4.78 is 0. The van der Waals surface area contributed by atoms with Crippen LogP contribution in [0.1, 0.15) is 5.56 Å². The molecule has 2 saturated heterocycles. The SMILES string of the molecule is O=C(Cc1ccc(-c2ccccc2)cc1)N1C[C@H]2CNC[C@H]2C1. The Kier molecular flexibility index (Phi) is 3.88. The van der Waals surface area contributed by atoms with E-state index in [4.69, 9.17) is 0 Å². The summed E-state index contributed by atoms with van der Waals surface area (Å²) in [7, 11) is 0. The molecule has 23 heavy (non-hydrogen) atoms. The largest absolute Gasteiger partial charge is 0.342 e. The highest BCUT2D eigenvalue weighted by atomic mass is 16.2. The summed E-state index contributed by atoms with van der Waals surface area (Å²) in [5, 5.41) is 3.42. The summed E-state index contributed by atoms with van der Waals surface area (Å²) in [5.74, 6) is 1.60. The number of carbonyl (C=O) groups excluding carboxylic acids is 1. The fraction of sp³-hybridized carbons (Fsp3) is 0.350. The normalized spacial score (nSPS) is 23.0. The van der Waals surface area contributed by atoms with Crippen molar-refractivity contribution in [2.45, 2.75) is 6.42 Å². The van der Waals surface area contributed by atoms with Crippen molar-refractivity contribution in [3.8, 4) is 11.1 Å². The predicted octanol–water partition coefficient (Wildman–Crippen LogP) is 2.57. The van der Waals surface area contributed by atoms with Crippen LogP contribution < -0.4 is 5.32 Å². The zero-order valence-corrected chi connectivity index (χ0v) is 13.2. The van der Waals surface area contributed by atoms with Gasteiger partial charge in [0.1, 0.15) is 0 Å². The molecule has 1 N–H and O–H groups in total. The molecule has 0 unspecified atom stereocenters. The molecule has 2 heterocycles. The number of amides is 1. The molecule has 0 radical (unpaired) electrons. The van der Waals surface area contributed by atoms with Crippen molar-refractivity contribution in [2.75, 3.05) is 26.2 Å². The van der Waals surface area contributed by atoms with E-state index in [0.29, 0.717) is 18.3 Å². The second-order valence-corrected chi connectivity index (χ2v) is 6.72. The van der Waals surface area contributed by atoms with E-state index in [0.717, 1.165) is 31.7 Å². The molecule has 2 fully saturated rings. The zero-order valence-electron chi connectivity index (χ0n) is 13.2. The van der Waals surface area contributed by atoms with Gasteiger partial charge in [-0.2, -0.15) is 0 Å². The number of rotatable bonds is 3. The molecule has 2 aliphatic heterocycles. The third kappa shape index (κ3) is 3.02. The van der Waals surface area contributed by atoms with Crippen LogP contribution in [0.2, 0.25) is 0 Å². The molecule has 2 aliphatic rings. The van der Waals surface area contributed by atoms with E-state index >= 15 is 0 Å². The molecule has 0 aliphatic carbocycles. The Morgan fingerprint density at radius 3 is 2.17 bits per heavy atom. The average molecular weight is 306 g/mol. The molecule has 0 spiro atoms. The quantitative estimate of drug-likeness (QED) is 0.945. The van der Waals surface area contributed by atoms with E-state index in [9.17, 15) is 4.79 Å². The average Bonchev–Trinajstić information content (AvgIpc) is 3.18. The summed E-state index contributed by atoms with van der Waals surface area (Å²) in [6, 6.07) is 18.7. The summed E-state index contributed by atoms with van der Waals surface area (Å²) >= 11 is 0. The molecule has 2 atom stereocenters. The van der Waals surface area contributed by atoms with Crippen molar-refractivity contribution in [2.24, 2.45) is 11.8 Å². The number of hydrogen-bond acceptors (Lipinski definition) is 2. The van der Waals surface area contributed by atoms with Gasteiger partial charge < -0.3 is 10.2 Å². The molecule has 3 nitrogen and oxygen atoms in total. The molecule has 0 bridgehead atoms. The minimum absolute atomic E-state index is 0.270. The Bertz CT molecular complexity index is 669. The molecule has 118 valence electrons. The molecular formula is C20H22N2O. The molecule has 4 rings (SSSR count). The van der Waals surface area contributed by atoms with Gasteiger partial charge in [0, 0.05) is 26.2 Å². The summed E-state index contributed by atoms with van der Waals surface area (Å²) in [6.45, 7) is 4.00. The fourth-order valence-corrected chi connectivity index (χ4v) is 3.79. The van der Waals surface area contributed by atoms with Crippen LogP contribution in [0.5, 0.6) is 0 Å². The van der Waals surface area contributed by atoms with Crippen LogP contribution in [-0.4, -0.2) is 37.0 Å². The van der Waals surface area contributed by atoms with E-state index in [1.54, 1.807) is 0 Å². The first-order chi connectivity index (χ1) is 11.3. The molecule has 3 heteroatoms. The number of hydrogen-bond donors (Lipinski definition) is 1. The van der Waals surface area contributed by atoms with Gasteiger partial charge in [0.15, 0.2) is 0 Å². The van der Waals surface area contributed by atoms with Crippen molar-refractivity contribution < 1.29 is 4.79 Å². The Balaban J connectivity index is 1.40. The van der Waals surface area contributed by atoms with Gasteiger partial charge in [0.05, 0.1) is 6.42 Å². The van der Waals surface area contributed by atoms with Crippen molar-refractivity contribution in [1.82, 2.24) is 10.2 Å². The van der Waals surface area contributed by atoms with E-state index in [2.05, 4.69) is 46.6 Å². The van der Waals surface area contributed by atoms with Crippen LogP contribution >= 0.6 is 0 Å². The van der Waals surface area contributed by atoms with Crippen LogP contribution in [0.4, 0.5) is 0 Å². The van der Waals surface area contributed by atoms with Crippen LogP contribution in [0, 0.1) is 11.8 Å². The topological polar surface area (TPSA) is 32.3 Å². The Morgan fingerprint density at radius 2 is 1.52 bits per heavy atom. The fourth-order valence-electron chi connectivity index (χ4n) is 3.79. The number of fused-ring (bicyclic) bond motifs is 1. The maximum Gasteiger partial charge on any atom is 0.227 e. The molecular weight excluding hydrogens is 284 g/mol. The third-order valence-corrected chi connectivity index (χ3v) is 5.16. The molecule has 2 aromatic rings. The number of likely N-dealkylation sites (tertiary alicyclic amines) is 1. The van der Waals surface area contributed by atoms with E-state index in [1.165, 1.54) is 11.1 Å². The van der Waals surface area contributed by atoms with Gasteiger partial charge in [-0.3, -0.25) is 4.79 Å². The maximum absolute atomic E-state index is 12.5. The van der Waals surface area contributed by atoms with E-state index < -0.39 is 0 Å². The first kappa shape index (κ1) is 14.5. The lowest BCUT2D eigenvalue weighted by Gasteiger charge is -2.17. The van der Waals surface area contributed by atoms with Gasteiger partial charge in [-0.05, 0) is 28.5 Å². The van der Waals surface area contributed by atoms with Gasteiger partial charge >= 0.3 is 0 Å². The highest BCUT2D eigenvalue weighted by molar-refractivity contribution is 5.79. The Labute approximate surface area is 137 Å². The maximum atomic E-state index is 12.5. The van der Waals surface area contributed by atoms with Gasteiger partial charge in [-0.15, -0.1) is 0 Å². The van der Waals surface area contributed by atoms with Crippen LogP contribution in [-0.2, 0) is 11.2 Å². The van der Waals surface area contributed by atoms with Crippen LogP contribution in [0.3, 0.4) is 0 Å². The lowest BCUT2D eigenvalue weighted by Crippen LogP contribution is -2.32. The van der Waals surface area contributed by atoms with Crippen molar-refractivity contribution in [1.29, 1.82) is 0 Å². The predicted molar refractivity (Wildman–Crippen MR) is 92.0 cm³/mol. The number of carbonyl (C=O) groups is 1. The van der Waals surface area contributed by atoms with Gasteiger partial charge in [-0.1, -0.05) is 54.6 Å². The van der Waals surface area contributed by atoms with Gasteiger partial charge in [0.2, 0.25) is 5.91 Å². The summed E-state index contributed by atoms with van der Waals surface area (Å²) in [5.41, 5.74) is 3.51. The molecule has 0 aromatic heterocycles. The summed E-state index contributed by atoms with van der Waals surface area (Å²) in [6.07, 6.45) is 0.516. The van der Waals surface area contributed by atoms with Gasteiger partial charge in [-0.25, -0.2) is 0 Å². The second kappa shape index (κ2) is 6.17. The third-order valence-electron chi connectivity index (χ3n) is 5.16. The minimum atomic E-state index is 0.270. The molecule has 2 aromatic carbocycles. The number of nitrogens with one attached hydrogen (secondary N) is 1. The van der Waals surface area contributed by atoms with Crippen molar-refractivity contribution >= 4 is 5.91 Å².